The molecule has 1 N–H and O–H groups in total. The number of hydrogen-bond acceptors (Lipinski definition) is 3. The lowest BCUT2D eigenvalue weighted by atomic mass is 9.95. The topological polar surface area (TPSA) is 58.6 Å². The largest absolute Gasteiger partial charge is 0.496 e. The fourth-order valence-electron chi connectivity index (χ4n) is 3.28. The Morgan fingerprint density at radius 1 is 1.11 bits per heavy atom. The number of amides is 2. The number of aryl methyl sites for hydroxylation is 1. The molecule has 1 heterocycles. The van der Waals surface area contributed by atoms with Crippen molar-refractivity contribution in [3.8, 4) is 5.75 Å². The van der Waals surface area contributed by atoms with Gasteiger partial charge in [0.05, 0.1) is 12.7 Å². The maximum absolute atomic E-state index is 12.8. The highest BCUT2D eigenvalue weighted by atomic mass is 35.5. The highest BCUT2D eigenvalue weighted by Gasteiger charge is 2.29. The summed E-state index contributed by atoms with van der Waals surface area (Å²) >= 11 is 12.1. The second kappa shape index (κ2) is 8.84. The molecule has 0 radical (unpaired) electrons. The average Bonchev–Trinajstić information content (AvgIpc) is 2.70. The monoisotopic (exact) mass is 420 g/mol. The number of nitrogens with one attached hydrogen (secondary N) is 1. The van der Waals surface area contributed by atoms with Crippen LogP contribution in [0, 0.1) is 12.8 Å². The Hall–Kier alpha value is -2.24. The van der Waals surface area contributed by atoms with E-state index in [1.165, 1.54) is 7.11 Å². The fraction of sp³-hybridized carbons (Fsp3) is 0.333. The summed E-state index contributed by atoms with van der Waals surface area (Å²) in [6.45, 7) is 2.91. The van der Waals surface area contributed by atoms with E-state index < -0.39 is 0 Å². The number of rotatable bonds is 4. The summed E-state index contributed by atoms with van der Waals surface area (Å²) in [6, 6.07) is 10.4. The van der Waals surface area contributed by atoms with E-state index in [9.17, 15) is 9.59 Å². The first-order chi connectivity index (χ1) is 13.4. The first-order valence-electron chi connectivity index (χ1n) is 9.09. The second-order valence-electron chi connectivity index (χ2n) is 6.86. The molecule has 0 bridgehead atoms. The van der Waals surface area contributed by atoms with Gasteiger partial charge in [-0.3, -0.25) is 9.59 Å². The van der Waals surface area contributed by atoms with Crippen molar-refractivity contribution in [1.82, 2.24) is 4.90 Å². The lowest BCUT2D eigenvalue weighted by molar-refractivity contribution is -0.121. The molecule has 1 aliphatic rings. The second-order valence-corrected chi connectivity index (χ2v) is 7.71. The molecule has 0 aliphatic carbocycles. The van der Waals surface area contributed by atoms with E-state index in [-0.39, 0.29) is 17.7 Å². The smallest absolute Gasteiger partial charge is 0.257 e. The van der Waals surface area contributed by atoms with Gasteiger partial charge >= 0.3 is 0 Å². The molecule has 2 aromatic carbocycles. The first-order valence-corrected chi connectivity index (χ1v) is 9.84. The van der Waals surface area contributed by atoms with Crippen molar-refractivity contribution in [3.05, 3.63) is 57.6 Å². The number of ether oxygens (including phenoxy) is 1. The van der Waals surface area contributed by atoms with Crippen LogP contribution in [0.4, 0.5) is 5.69 Å². The van der Waals surface area contributed by atoms with Gasteiger partial charge < -0.3 is 15.0 Å². The van der Waals surface area contributed by atoms with Gasteiger partial charge in [-0.1, -0.05) is 29.3 Å². The number of halogens is 2. The fourth-order valence-corrected chi connectivity index (χ4v) is 3.63. The zero-order valence-electron chi connectivity index (χ0n) is 15.8. The van der Waals surface area contributed by atoms with Crippen molar-refractivity contribution >= 4 is 40.7 Å². The van der Waals surface area contributed by atoms with Crippen molar-refractivity contribution in [2.45, 2.75) is 19.8 Å². The lowest BCUT2D eigenvalue weighted by Crippen LogP contribution is -2.41. The zero-order chi connectivity index (χ0) is 20.3. The van der Waals surface area contributed by atoms with Crippen LogP contribution >= 0.6 is 23.2 Å². The van der Waals surface area contributed by atoms with Crippen LogP contribution in [0.1, 0.15) is 28.8 Å². The number of anilines is 1. The number of hydrogen-bond donors (Lipinski definition) is 1. The molecule has 0 spiro atoms. The van der Waals surface area contributed by atoms with E-state index in [2.05, 4.69) is 5.32 Å². The number of carbonyl (C=O) groups is 2. The Morgan fingerprint density at radius 3 is 2.46 bits per heavy atom. The van der Waals surface area contributed by atoms with Crippen LogP contribution in [0.2, 0.25) is 10.0 Å². The Labute approximate surface area is 174 Å². The molecule has 5 nitrogen and oxygen atoms in total. The van der Waals surface area contributed by atoms with E-state index in [1.807, 2.05) is 19.1 Å². The molecule has 148 valence electrons. The minimum absolute atomic E-state index is 0.0487. The molecule has 7 heteroatoms. The van der Waals surface area contributed by atoms with E-state index >= 15 is 0 Å². The predicted octanol–water partition coefficient (Wildman–Crippen LogP) is 4.80. The van der Waals surface area contributed by atoms with E-state index in [1.54, 1.807) is 29.2 Å². The van der Waals surface area contributed by atoms with Gasteiger partial charge in [-0.25, -0.2) is 0 Å². The Morgan fingerprint density at radius 2 is 1.82 bits per heavy atom. The van der Waals surface area contributed by atoms with Crippen molar-refractivity contribution in [2.24, 2.45) is 5.92 Å². The number of methoxy groups -OCH3 is 1. The van der Waals surface area contributed by atoms with Crippen LogP contribution < -0.4 is 10.1 Å². The molecular formula is C21H22Cl2N2O3. The third kappa shape index (κ3) is 4.59. The lowest BCUT2D eigenvalue weighted by Gasteiger charge is -2.31. The molecule has 1 saturated heterocycles. The predicted molar refractivity (Wildman–Crippen MR) is 111 cm³/mol. The number of benzene rings is 2. The molecule has 2 aromatic rings. The van der Waals surface area contributed by atoms with Crippen molar-refractivity contribution in [1.29, 1.82) is 0 Å². The number of carbonyl (C=O) groups excluding carboxylic acids is 2. The van der Waals surface area contributed by atoms with Gasteiger partial charge in [0.2, 0.25) is 5.91 Å². The first kappa shape index (κ1) is 20.5. The van der Waals surface area contributed by atoms with Gasteiger partial charge in [0.1, 0.15) is 5.75 Å². The van der Waals surface area contributed by atoms with Gasteiger partial charge in [-0.15, -0.1) is 0 Å². The van der Waals surface area contributed by atoms with E-state index in [0.717, 1.165) is 5.56 Å². The maximum atomic E-state index is 12.8. The number of likely N-dealkylation sites (tertiary alicyclic amines) is 1. The van der Waals surface area contributed by atoms with Gasteiger partial charge in [0.15, 0.2) is 0 Å². The van der Waals surface area contributed by atoms with E-state index in [0.29, 0.717) is 53.0 Å². The molecule has 2 amide bonds. The third-order valence-electron chi connectivity index (χ3n) is 4.98. The van der Waals surface area contributed by atoms with E-state index in [4.69, 9.17) is 27.9 Å². The molecule has 1 aliphatic heterocycles. The van der Waals surface area contributed by atoms with Gasteiger partial charge in [-0.2, -0.15) is 0 Å². The minimum atomic E-state index is -0.148. The highest BCUT2D eigenvalue weighted by molar-refractivity contribution is 6.31. The molecule has 0 unspecified atom stereocenters. The van der Waals surface area contributed by atoms with Gasteiger partial charge in [-0.05, 0) is 55.7 Å². The third-order valence-corrected chi connectivity index (χ3v) is 5.63. The number of nitrogens with zero attached hydrogens (tertiary/aromatic N) is 1. The van der Waals surface area contributed by atoms with Crippen LogP contribution in [0.5, 0.6) is 5.75 Å². The molecule has 28 heavy (non-hydrogen) atoms. The van der Waals surface area contributed by atoms with Crippen LogP contribution in [0.25, 0.3) is 0 Å². The summed E-state index contributed by atoms with van der Waals surface area (Å²) in [5, 5.41) is 4.02. The summed E-state index contributed by atoms with van der Waals surface area (Å²) in [6.07, 6.45) is 1.19. The summed E-state index contributed by atoms with van der Waals surface area (Å²) in [7, 11) is 1.52. The average molecular weight is 421 g/mol. The molecule has 0 aromatic heterocycles. The summed E-state index contributed by atoms with van der Waals surface area (Å²) in [5.74, 6) is 0.159. The standard InChI is InChI=1S/C21H22Cl2N2O3/c1-13-3-5-16(12-18(13)23)24-20(26)14-7-9-25(10-8-14)21(27)17-11-15(22)4-6-19(17)28-2/h3-6,11-12,14H,7-10H2,1-2H3,(H,24,26). The molecule has 3 rings (SSSR count). The Kier molecular flexibility index (Phi) is 6.47. The van der Waals surface area contributed by atoms with Crippen LogP contribution in [-0.4, -0.2) is 36.9 Å². The van der Waals surface area contributed by atoms with Crippen LogP contribution in [-0.2, 0) is 4.79 Å². The quantitative estimate of drug-likeness (QED) is 0.772. The Bertz CT molecular complexity index is 893. The minimum Gasteiger partial charge on any atom is -0.496 e. The molecular weight excluding hydrogens is 399 g/mol. The summed E-state index contributed by atoms with van der Waals surface area (Å²) in [4.78, 5) is 27.1. The van der Waals surface area contributed by atoms with Gasteiger partial charge in [0.25, 0.3) is 5.91 Å². The SMILES string of the molecule is COc1ccc(Cl)cc1C(=O)N1CCC(C(=O)Nc2ccc(C)c(Cl)c2)CC1. The summed E-state index contributed by atoms with van der Waals surface area (Å²) in [5.41, 5.74) is 2.08. The maximum Gasteiger partial charge on any atom is 0.257 e. The van der Waals surface area contributed by atoms with Crippen LogP contribution in [0.3, 0.4) is 0 Å². The molecule has 0 atom stereocenters. The van der Waals surface area contributed by atoms with Crippen molar-refractivity contribution < 1.29 is 14.3 Å². The van der Waals surface area contributed by atoms with Gasteiger partial charge in [0, 0.05) is 34.7 Å². The van der Waals surface area contributed by atoms with Crippen molar-refractivity contribution in [2.75, 3.05) is 25.5 Å². The zero-order valence-corrected chi connectivity index (χ0v) is 17.3. The Balaban J connectivity index is 1.61. The summed E-state index contributed by atoms with van der Waals surface area (Å²) < 4.78 is 5.27. The normalized spacial score (nSPS) is 14.6. The highest BCUT2D eigenvalue weighted by Crippen LogP contribution is 2.27. The molecule has 1 fully saturated rings. The van der Waals surface area contributed by atoms with Crippen LogP contribution in [0.15, 0.2) is 36.4 Å². The number of piperidine rings is 1. The van der Waals surface area contributed by atoms with Crippen molar-refractivity contribution in [3.63, 3.8) is 0 Å². The molecule has 0 saturated carbocycles.